The van der Waals surface area contributed by atoms with E-state index in [4.69, 9.17) is 0 Å². The number of hydrogen-bond acceptors (Lipinski definition) is 3. The molecule has 1 aromatic heterocycles. The van der Waals surface area contributed by atoms with Crippen LogP contribution >= 0.6 is 11.3 Å². The van der Waals surface area contributed by atoms with Crippen molar-refractivity contribution in [2.45, 2.75) is 38.8 Å². The molecular formula is C17H20N2OS. The maximum Gasteiger partial charge on any atom is 0.221 e. The zero-order valence-electron chi connectivity index (χ0n) is 12.2. The third-order valence-corrected chi connectivity index (χ3v) is 4.86. The molecule has 0 fully saturated rings. The van der Waals surface area contributed by atoms with Gasteiger partial charge in [0, 0.05) is 24.4 Å². The van der Waals surface area contributed by atoms with E-state index >= 15 is 0 Å². The molecule has 1 amide bonds. The van der Waals surface area contributed by atoms with Crippen LogP contribution in [0.2, 0.25) is 0 Å². The summed E-state index contributed by atoms with van der Waals surface area (Å²) in [6.07, 6.45) is 3.60. The van der Waals surface area contributed by atoms with E-state index in [0.29, 0.717) is 6.04 Å². The first-order valence-corrected chi connectivity index (χ1v) is 8.27. The van der Waals surface area contributed by atoms with Crippen LogP contribution in [-0.4, -0.2) is 5.91 Å². The van der Waals surface area contributed by atoms with Gasteiger partial charge in [-0.3, -0.25) is 4.79 Å². The Bertz CT molecular complexity index is 635. The zero-order valence-corrected chi connectivity index (χ0v) is 13.0. The highest BCUT2D eigenvalue weighted by Crippen LogP contribution is 2.30. The molecular weight excluding hydrogens is 280 g/mol. The molecule has 1 aliphatic carbocycles. The quantitative estimate of drug-likeness (QED) is 0.900. The Kier molecular flexibility index (Phi) is 4.36. The van der Waals surface area contributed by atoms with Crippen LogP contribution in [0.15, 0.2) is 35.7 Å². The molecule has 0 saturated heterocycles. The van der Waals surface area contributed by atoms with E-state index in [9.17, 15) is 4.79 Å². The number of thiophene rings is 1. The van der Waals surface area contributed by atoms with Gasteiger partial charge in [0.1, 0.15) is 0 Å². The minimum Gasteiger partial charge on any atom is -0.325 e. The Labute approximate surface area is 129 Å². The summed E-state index contributed by atoms with van der Waals surface area (Å²) >= 11 is 1.68. The molecule has 3 rings (SSSR count). The second-order valence-corrected chi connectivity index (χ2v) is 6.46. The Morgan fingerprint density at radius 2 is 2.19 bits per heavy atom. The summed E-state index contributed by atoms with van der Waals surface area (Å²) in [5, 5.41) is 8.57. The normalized spacial score (nSPS) is 17.3. The Hall–Kier alpha value is -1.65. The maximum atomic E-state index is 11.2. The zero-order chi connectivity index (χ0) is 14.7. The molecule has 1 unspecified atom stereocenters. The average Bonchev–Trinajstić information content (AvgIpc) is 2.91. The second kappa shape index (κ2) is 6.41. The molecule has 1 aliphatic rings. The van der Waals surface area contributed by atoms with Gasteiger partial charge in [-0.05, 0) is 41.8 Å². The topological polar surface area (TPSA) is 41.1 Å². The van der Waals surface area contributed by atoms with Gasteiger partial charge in [0.05, 0.1) is 5.69 Å². The van der Waals surface area contributed by atoms with Gasteiger partial charge in [0.2, 0.25) is 5.91 Å². The molecule has 1 atom stereocenters. The van der Waals surface area contributed by atoms with Crippen molar-refractivity contribution in [3.8, 4) is 0 Å². The molecule has 3 nitrogen and oxygen atoms in total. The van der Waals surface area contributed by atoms with Crippen LogP contribution in [0.5, 0.6) is 0 Å². The number of carbonyl (C=O) groups excluding carboxylic acids is 1. The van der Waals surface area contributed by atoms with Crippen molar-refractivity contribution in [1.82, 2.24) is 5.32 Å². The van der Waals surface area contributed by atoms with Gasteiger partial charge in [-0.15, -0.1) is 11.3 Å². The molecule has 0 aliphatic heterocycles. The van der Waals surface area contributed by atoms with E-state index in [1.54, 1.807) is 18.3 Å². The van der Waals surface area contributed by atoms with Crippen molar-refractivity contribution in [2.24, 2.45) is 0 Å². The first kappa shape index (κ1) is 14.3. The van der Waals surface area contributed by atoms with Crippen LogP contribution < -0.4 is 10.6 Å². The summed E-state index contributed by atoms with van der Waals surface area (Å²) < 4.78 is 0. The van der Waals surface area contributed by atoms with E-state index in [1.807, 2.05) is 11.4 Å². The predicted octanol–water partition coefficient (Wildman–Crippen LogP) is 3.87. The minimum atomic E-state index is -0.0161. The third-order valence-electron chi connectivity index (χ3n) is 3.93. The number of hydrogen-bond donors (Lipinski definition) is 2. The Balaban J connectivity index is 1.69. The second-order valence-electron chi connectivity index (χ2n) is 5.46. The number of amides is 1. The molecule has 0 radical (unpaired) electrons. The van der Waals surface area contributed by atoms with E-state index in [1.165, 1.54) is 35.3 Å². The standard InChI is InChI=1S/C17H20N2OS/c1-12(20)19-16-9-10-21-17(16)11-18-15-8-4-6-13-5-2-3-7-14(13)15/h2-3,5,7,9-10,15,18H,4,6,8,11H2,1H3,(H,19,20). The minimum absolute atomic E-state index is 0.0161. The van der Waals surface area contributed by atoms with Crippen LogP contribution in [-0.2, 0) is 17.8 Å². The van der Waals surface area contributed by atoms with Crippen LogP contribution in [0.3, 0.4) is 0 Å². The Morgan fingerprint density at radius 3 is 3.05 bits per heavy atom. The van der Waals surface area contributed by atoms with Gasteiger partial charge in [-0.25, -0.2) is 0 Å². The lowest BCUT2D eigenvalue weighted by Gasteiger charge is -2.26. The van der Waals surface area contributed by atoms with E-state index in [2.05, 4.69) is 34.9 Å². The molecule has 1 heterocycles. The summed E-state index contributed by atoms with van der Waals surface area (Å²) in [4.78, 5) is 12.4. The van der Waals surface area contributed by atoms with Crippen molar-refractivity contribution >= 4 is 22.9 Å². The van der Waals surface area contributed by atoms with Crippen molar-refractivity contribution in [3.63, 3.8) is 0 Å². The summed E-state index contributed by atoms with van der Waals surface area (Å²) in [5.74, 6) is -0.0161. The number of carbonyl (C=O) groups is 1. The highest BCUT2D eigenvalue weighted by molar-refractivity contribution is 7.10. The third kappa shape index (κ3) is 3.34. The predicted molar refractivity (Wildman–Crippen MR) is 87.6 cm³/mol. The lowest BCUT2D eigenvalue weighted by atomic mass is 9.88. The van der Waals surface area contributed by atoms with Crippen molar-refractivity contribution in [3.05, 3.63) is 51.7 Å². The molecule has 2 N–H and O–H groups in total. The number of fused-ring (bicyclic) bond motifs is 1. The van der Waals surface area contributed by atoms with Crippen LogP contribution in [0.4, 0.5) is 5.69 Å². The monoisotopic (exact) mass is 300 g/mol. The fourth-order valence-electron chi connectivity index (χ4n) is 2.96. The maximum absolute atomic E-state index is 11.2. The summed E-state index contributed by atoms with van der Waals surface area (Å²) in [5.41, 5.74) is 3.83. The molecule has 110 valence electrons. The first-order valence-electron chi connectivity index (χ1n) is 7.39. The van der Waals surface area contributed by atoms with Crippen molar-refractivity contribution in [2.75, 3.05) is 5.32 Å². The number of benzene rings is 1. The summed E-state index contributed by atoms with van der Waals surface area (Å²) in [6, 6.07) is 11.1. The number of nitrogens with one attached hydrogen (secondary N) is 2. The van der Waals surface area contributed by atoms with E-state index in [-0.39, 0.29) is 5.91 Å². The van der Waals surface area contributed by atoms with Crippen molar-refractivity contribution < 1.29 is 4.79 Å². The molecule has 1 aromatic carbocycles. The van der Waals surface area contributed by atoms with Gasteiger partial charge >= 0.3 is 0 Å². The fourth-order valence-corrected chi connectivity index (χ4v) is 3.74. The number of aryl methyl sites for hydroxylation is 1. The molecule has 4 heteroatoms. The van der Waals surface area contributed by atoms with Gasteiger partial charge in [0.15, 0.2) is 0 Å². The van der Waals surface area contributed by atoms with Gasteiger partial charge in [0.25, 0.3) is 0 Å². The summed E-state index contributed by atoms with van der Waals surface area (Å²) in [6.45, 7) is 2.35. The molecule has 0 saturated carbocycles. The molecule has 0 spiro atoms. The van der Waals surface area contributed by atoms with Crippen LogP contribution in [0, 0.1) is 0 Å². The number of anilines is 1. The lowest BCUT2D eigenvalue weighted by molar-refractivity contribution is -0.114. The highest BCUT2D eigenvalue weighted by atomic mass is 32.1. The Morgan fingerprint density at radius 1 is 1.33 bits per heavy atom. The van der Waals surface area contributed by atoms with Gasteiger partial charge < -0.3 is 10.6 Å². The average molecular weight is 300 g/mol. The number of rotatable bonds is 4. The van der Waals surface area contributed by atoms with Crippen LogP contribution in [0.1, 0.15) is 41.8 Å². The fraction of sp³-hybridized carbons (Fsp3) is 0.353. The molecule has 0 bridgehead atoms. The lowest BCUT2D eigenvalue weighted by Crippen LogP contribution is -2.24. The van der Waals surface area contributed by atoms with Crippen molar-refractivity contribution in [1.29, 1.82) is 0 Å². The van der Waals surface area contributed by atoms with E-state index in [0.717, 1.165) is 12.2 Å². The van der Waals surface area contributed by atoms with Crippen LogP contribution in [0.25, 0.3) is 0 Å². The van der Waals surface area contributed by atoms with E-state index < -0.39 is 0 Å². The first-order chi connectivity index (χ1) is 10.2. The highest BCUT2D eigenvalue weighted by Gasteiger charge is 2.19. The summed E-state index contributed by atoms with van der Waals surface area (Å²) in [7, 11) is 0. The van der Waals surface area contributed by atoms with Gasteiger partial charge in [-0.1, -0.05) is 24.3 Å². The largest absolute Gasteiger partial charge is 0.325 e. The molecule has 2 aromatic rings. The van der Waals surface area contributed by atoms with Gasteiger partial charge in [-0.2, -0.15) is 0 Å². The SMILES string of the molecule is CC(=O)Nc1ccsc1CNC1CCCc2ccccc21. The smallest absolute Gasteiger partial charge is 0.221 e. The molecule has 21 heavy (non-hydrogen) atoms.